The lowest BCUT2D eigenvalue weighted by molar-refractivity contribution is 0.141. The first-order chi connectivity index (χ1) is 9.83. The predicted molar refractivity (Wildman–Crippen MR) is 98.6 cm³/mol. The lowest BCUT2D eigenvalue weighted by Crippen LogP contribution is -2.45. The predicted octanol–water partition coefficient (Wildman–Crippen LogP) is 1.68. The fourth-order valence-electron chi connectivity index (χ4n) is 2.71. The normalized spacial score (nSPS) is 23.0. The second-order valence-corrected chi connectivity index (χ2v) is 5.87. The summed E-state index contributed by atoms with van der Waals surface area (Å²) in [6.45, 7) is 8.08. The van der Waals surface area contributed by atoms with E-state index in [0.29, 0.717) is 6.04 Å². The molecule has 1 aliphatic heterocycles. The number of nitrogens with one attached hydrogen (secondary N) is 2. The quantitative estimate of drug-likeness (QED) is 0.363. The molecule has 124 valence electrons. The molecule has 1 saturated heterocycles. The zero-order valence-corrected chi connectivity index (χ0v) is 15.8. The molecular formula is C15H31IN4O. The summed E-state index contributed by atoms with van der Waals surface area (Å²) >= 11 is 0. The van der Waals surface area contributed by atoms with E-state index in [0.717, 1.165) is 44.7 Å². The van der Waals surface area contributed by atoms with Crippen LogP contribution < -0.4 is 10.6 Å². The van der Waals surface area contributed by atoms with Gasteiger partial charge in [0.15, 0.2) is 5.96 Å². The molecule has 5 nitrogen and oxygen atoms in total. The highest BCUT2D eigenvalue weighted by atomic mass is 127. The molecule has 0 spiro atoms. The number of likely N-dealkylation sites (tertiary alicyclic amines) is 1. The average Bonchev–Trinajstić information content (AvgIpc) is 3.18. The average molecular weight is 410 g/mol. The smallest absolute Gasteiger partial charge is 0.191 e. The van der Waals surface area contributed by atoms with Crippen molar-refractivity contribution in [3.05, 3.63) is 0 Å². The summed E-state index contributed by atoms with van der Waals surface area (Å²) in [5, 5.41) is 6.85. The van der Waals surface area contributed by atoms with Crippen molar-refractivity contribution in [1.82, 2.24) is 15.5 Å². The topological polar surface area (TPSA) is 48.9 Å². The minimum atomic E-state index is 0. The Morgan fingerprint density at radius 3 is 2.76 bits per heavy atom. The third kappa shape index (κ3) is 7.15. The number of rotatable bonds is 8. The molecule has 1 saturated carbocycles. The molecule has 0 amide bonds. The molecule has 1 aliphatic carbocycles. The molecule has 1 heterocycles. The molecule has 2 N–H and O–H groups in total. The molecule has 0 aromatic rings. The lowest BCUT2D eigenvalue weighted by Gasteiger charge is -2.25. The second kappa shape index (κ2) is 10.6. The van der Waals surface area contributed by atoms with Crippen molar-refractivity contribution in [3.63, 3.8) is 0 Å². The van der Waals surface area contributed by atoms with E-state index in [1.54, 1.807) is 7.11 Å². The Morgan fingerprint density at radius 1 is 1.29 bits per heavy atom. The number of hydrogen-bond donors (Lipinski definition) is 2. The zero-order valence-electron chi connectivity index (χ0n) is 13.4. The van der Waals surface area contributed by atoms with E-state index >= 15 is 0 Å². The number of ether oxygens (including phenoxy) is 1. The van der Waals surface area contributed by atoms with E-state index in [4.69, 9.17) is 4.74 Å². The Labute approximate surface area is 146 Å². The highest BCUT2D eigenvalue weighted by Crippen LogP contribution is 2.28. The van der Waals surface area contributed by atoms with Gasteiger partial charge in [0.2, 0.25) is 0 Å². The van der Waals surface area contributed by atoms with Gasteiger partial charge in [-0.15, -0.1) is 24.0 Å². The number of aliphatic imine (C=N–C) groups is 1. The van der Waals surface area contributed by atoms with Gasteiger partial charge in [0.1, 0.15) is 0 Å². The Morgan fingerprint density at radius 2 is 2.10 bits per heavy atom. The summed E-state index contributed by atoms with van der Waals surface area (Å²) in [7, 11) is 1.77. The molecule has 0 radical (unpaired) electrons. The minimum Gasteiger partial charge on any atom is -0.383 e. The van der Waals surface area contributed by atoms with E-state index in [2.05, 4.69) is 27.4 Å². The van der Waals surface area contributed by atoms with Gasteiger partial charge in [0, 0.05) is 39.3 Å². The van der Waals surface area contributed by atoms with Crippen molar-refractivity contribution in [3.8, 4) is 0 Å². The van der Waals surface area contributed by atoms with Gasteiger partial charge in [0.25, 0.3) is 0 Å². The van der Waals surface area contributed by atoms with Gasteiger partial charge in [-0.2, -0.15) is 0 Å². The summed E-state index contributed by atoms with van der Waals surface area (Å²) in [5.74, 6) is 1.83. The van der Waals surface area contributed by atoms with E-state index in [-0.39, 0.29) is 24.0 Å². The van der Waals surface area contributed by atoms with Crippen LogP contribution in [0.5, 0.6) is 0 Å². The van der Waals surface area contributed by atoms with Crippen molar-refractivity contribution in [2.24, 2.45) is 10.9 Å². The summed E-state index contributed by atoms with van der Waals surface area (Å²) in [6, 6.07) is 0.620. The summed E-state index contributed by atoms with van der Waals surface area (Å²) in [6.07, 6.45) is 5.29. The largest absolute Gasteiger partial charge is 0.383 e. The first kappa shape index (κ1) is 19.0. The summed E-state index contributed by atoms with van der Waals surface area (Å²) < 4.78 is 5.19. The minimum absolute atomic E-state index is 0. The maximum absolute atomic E-state index is 5.19. The molecule has 0 aromatic carbocycles. The Kier molecular flexibility index (Phi) is 9.59. The van der Waals surface area contributed by atoms with Gasteiger partial charge in [-0.1, -0.05) is 0 Å². The standard InChI is InChI=1S/C15H30N4O.HI/c1-3-16-15(17-11-13-6-7-13)18-12-14-5-4-8-19(14)9-10-20-2;/h13-14H,3-12H2,1-2H3,(H2,16,17,18);1H. The molecule has 1 unspecified atom stereocenters. The van der Waals surface area contributed by atoms with Crippen LogP contribution in [-0.4, -0.2) is 63.3 Å². The lowest BCUT2D eigenvalue weighted by atomic mass is 10.2. The van der Waals surface area contributed by atoms with Gasteiger partial charge < -0.3 is 15.4 Å². The van der Waals surface area contributed by atoms with Crippen LogP contribution in [0.15, 0.2) is 4.99 Å². The molecule has 0 aromatic heterocycles. The van der Waals surface area contributed by atoms with Gasteiger partial charge in [0.05, 0.1) is 6.61 Å². The van der Waals surface area contributed by atoms with Gasteiger partial charge in [-0.3, -0.25) is 9.89 Å². The Balaban J connectivity index is 0.00000220. The van der Waals surface area contributed by atoms with Crippen molar-refractivity contribution in [1.29, 1.82) is 0 Å². The van der Waals surface area contributed by atoms with Crippen molar-refractivity contribution in [2.75, 3.05) is 46.4 Å². The van der Waals surface area contributed by atoms with Gasteiger partial charge in [-0.25, -0.2) is 0 Å². The third-order valence-electron chi connectivity index (χ3n) is 4.14. The summed E-state index contributed by atoms with van der Waals surface area (Å²) in [4.78, 5) is 7.20. The third-order valence-corrected chi connectivity index (χ3v) is 4.14. The zero-order chi connectivity index (χ0) is 14.2. The van der Waals surface area contributed by atoms with Crippen LogP contribution in [0.25, 0.3) is 0 Å². The first-order valence-corrected chi connectivity index (χ1v) is 8.08. The second-order valence-electron chi connectivity index (χ2n) is 5.87. The van der Waals surface area contributed by atoms with Crippen molar-refractivity contribution in [2.45, 2.75) is 38.6 Å². The van der Waals surface area contributed by atoms with E-state index in [1.807, 2.05) is 0 Å². The van der Waals surface area contributed by atoms with E-state index in [9.17, 15) is 0 Å². The number of hydrogen-bond acceptors (Lipinski definition) is 3. The maximum Gasteiger partial charge on any atom is 0.191 e. The highest BCUT2D eigenvalue weighted by Gasteiger charge is 2.24. The monoisotopic (exact) mass is 410 g/mol. The molecule has 0 bridgehead atoms. The molecule has 2 rings (SSSR count). The van der Waals surface area contributed by atoms with Gasteiger partial charge >= 0.3 is 0 Å². The fourth-order valence-corrected chi connectivity index (χ4v) is 2.71. The Bertz CT molecular complexity index is 310. The molecule has 21 heavy (non-hydrogen) atoms. The SMILES string of the molecule is CCNC(=NCC1CC1)NCC1CCCN1CCOC.I. The molecular weight excluding hydrogens is 379 g/mol. The fraction of sp³-hybridized carbons (Fsp3) is 0.933. The number of methoxy groups -OCH3 is 1. The van der Waals surface area contributed by atoms with Crippen LogP contribution in [0.4, 0.5) is 0 Å². The molecule has 1 atom stereocenters. The van der Waals surface area contributed by atoms with E-state index in [1.165, 1.54) is 32.2 Å². The summed E-state index contributed by atoms with van der Waals surface area (Å²) in [5.41, 5.74) is 0. The molecule has 2 aliphatic rings. The van der Waals surface area contributed by atoms with Crippen LogP contribution in [0.1, 0.15) is 32.6 Å². The van der Waals surface area contributed by atoms with Crippen molar-refractivity contribution < 1.29 is 4.74 Å². The molecule has 6 heteroatoms. The van der Waals surface area contributed by atoms with Gasteiger partial charge in [-0.05, 0) is 45.1 Å². The number of nitrogens with zero attached hydrogens (tertiary/aromatic N) is 2. The van der Waals surface area contributed by atoms with Crippen molar-refractivity contribution >= 4 is 29.9 Å². The highest BCUT2D eigenvalue weighted by molar-refractivity contribution is 14.0. The van der Waals surface area contributed by atoms with E-state index < -0.39 is 0 Å². The number of guanidine groups is 1. The van der Waals surface area contributed by atoms with Crippen LogP contribution >= 0.6 is 24.0 Å². The Hall–Kier alpha value is -0.0800. The van der Waals surface area contributed by atoms with Crippen LogP contribution in [0, 0.1) is 5.92 Å². The first-order valence-electron chi connectivity index (χ1n) is 8.08. The molecule has 2 fully saturated rings. The van der Waals surface area contributed by atoms with Crippen LogP contribution in [0.3, 0.4) is 0 Å². The van der Waals surface area contributed by atoms with Crippen LogP contribution in [-0.2, 0) is 4.74 Å². The maximum atomic E-state index is 5.19. The number of halogens is 1. The van der Waals surface area contributed by atoms with Crippen LogP contribution in [0.2, 0.25) is 0 Å².